The molecule has 0 aliphatic rings. The Hall–Kier alpha value is -1.55. The Morgan fingerprint density at radius 3 is 2.24 bits per heavy atom. The van der Waals surface area contributed by atoms with Crippen molar-refractivity contribution >= 4 is 5.78 Å². The van der Waals surface area contributed by atoms with Gasteiger partial charge in [0.05, 0.1) is 14.2 Å². The fourth-order valence-electron chi connectivity index (χ4n) is 1.49. The standard InChI is InChI=1S/C13H19NO3/c1-4-14-6-5-13(15)10-7-11(16-2)9-12(8-10)17-3/h7-9,14H,4-6H2,1-3H3. The minimum atomic E-state index is 0.0863. The first-order valence-corrected chi connectivity index (χ1v) is 5.68. The second-order valence-electron chi connectivity index (χ2n) is 3.63. The molecule has 0 bridgehead atoms. The molecule has 0 aliphatic carbocycles. The monoisotopic (exact) mass is 237 g/mol. The van der Waals surface area contributed by atoms with Crippen LogP contribution in [0.2, 0.25) is 0 Å². The van der Waals surface area contributed by atoms with Gasteiger partial charge in [0.15, 0.2) is 5.78 Å². The lowest BCUT2D eigenvalue weighted by Gasteiger charge is -2.08. The van der Waals surface area contributed by atoms with Crippen molar-refractivity contribution < 1.29 is 14.3 Å². The van der Waals surface area contributed by atoms with Gasteiger partial charge in [-0.3, -0.25) is 4.79 Å². The van der Waals surface area contributed by atoms with E-state index < -0.39 is 0 Å². The highest BCUT2D eigenvalue weighted by Gasteiger charge is 2.09. The smallest absolute Gasteiger partial charge is 0.164 e. The zero-order valence-corrected chi connectivity index (χ0v) is 10.6. The number of Topliss-reactive ketones (excluding diaryl/α,β-unsaturated/α-hetero) is 1. The van der Waals surface area contributed by atoms with Crippen molar-refractivity contribution in [3.63, 3.8) is 0 Å². The minimum absolute atomic E-state index is 0.0863. The van der Waals surface area contributed by atoms with Crippen LogP contribution in [0.15, 0.2) is 18.2 Å². The zero-order valence-electron chi connectivity index (χ0n) is 10.6. The van der Waals surface area contributed by atoms with Gasteiger partial charge in [0.1, 0.15) is 11.5 Å². The molecule has 0 spiro atoms. The van der Waals surface area contributed by atoms with Crippen molar-refractivity contribution in [1.82, 2.24) is 5.32 Å². The maximum atomic E-state index is 11.9. The molecule has 0 fully saturated rings. The summed E-state index contributed by atoms with van der Waals surface area (Å²) in [5.41, 5.74) is 0.624. The lowest BCUT2D eigenvalue weighted by Crippen LogP contribution is -2.17. The molecule has 4 heteroatoms. The second kappa shape index (κ2) is 6.91. The number of hydrogen-bond donors (Lipinski definition) is 1. The average Bonchev–Trinajstić information content (AvgIpc) is 2.38. The molecular formula is C13H19NO3. The van der Waals surface area contributed by atoms with Gasteiger partial charge in [0.25, 0.3) is 0 Å². The third kappa shape index (κ3) is 4.07. The van der Waals surface area contributed by atoms with Gasteiger partial charge in [0.2, 0.25) is 0 Å². The second-order valence-corrected chi connectivity index (χ2v) is 3.63. The van der Waals surface area contributed by atoms with Crippen molar-refractivity contribution in [3.8, 4) is 11.5 Å². The molecule has 1 rings (SSSR count). The zero-order chi connectivity index (χ0) is 12.7. The molecule has 0 unspecified atom stereocenters. The van der Waals surface area contributed by atoms with E-state index in [1.807, 2.05) is 6.92 Å². The van der Waals surface area contributed by atoms with Crippen LogP contribution < -0.4 is 14.8 Å². The Labute approximate surface area is 102 Å². The molecule has 0 saturated heterocycles. The highest BCUT2D eigenvalue weighted by Crippen LogP contribution is 2.23. The van der Waals surface area contributed by atoms with Gasteiger partial charge in [-0.15, -0.1) is 0 Å². The number of ketones is 1. The van der Waals surface area contributed by atoms with Crippen LogP contribution in [0.3, 0.4) is 0 Å². The topological polar surface area (TPSA) is 47.6 Å². The fraction of sp³-hybridized carbons (Fsp3) is 0.462. The normalized spacial score (nSPS) is 10.1. The summed E-state index contributed by atoms with van der Waals surface area (Å²) in [6, 6.07) is 5.22. The van der Waals surface area contributed by atoms with Gasteiger partial charge >= 0.3 is 0 Å². The number of carbonyl (C=O) groups excluding carboxylic acids is 1. The summed E-state index contributed by atoms with van der Waals surface area (Å²) in [7, 11) is 3.14. The third-order valence-electron chi connectivity index (χ3n) is 2.45. The summed E-state index contributed by atoms with van der Waals surface area (Å²) in [4.78, 5) is 11.9. The Bertz CT molecular complexity index is 355. The van der Waals surface area contributed by atoms with E-state index in [1.54, 1.807) is 32.4 Å². The molecule has 0 amide bonds. The van der Waals surface area contributed by atoms with E-state index in [0.29, 0.717) is 30.0 Å². The number of carbonyl (C=O) groups is 1. The Morgan fingerprint density at radius 2 is 1.76 bits per heavy atom. The average molecular weight is 237 g/mol. The molecule has 1 aromatic carbocycles. The number of benzene rings is 1. The van der Waals surface area contributed by atoms with Crippen LogP contribution in [0.1, 0.15) is 23.7 Å². The van der Waals surface area contributed by atoms with Crippen LogP contribution in [0.4, 0.5) is 0 Å². The quantitative estimate of drug-likeness (QED) is 0.581. The first kappa shape index (κ1) is 13.5. The van der Waals surface area contributed by atoms with E-state index in [-0.39, 0.29) is 5.78 Å². The van der Waals surface area contributed by atoms with Gasteiger partial charge in [-0.1, -0.05) is 6.92 Å². The predicted octanol–water partition coefficient (Wildman–Crippen LogP) is 1.89. The molecule has 0 heterocycles. The summed E-state index contributed by atoms with van der Waals surface area (Å²) < 4.78 is 10.3. The van der Waals surface area contributed by atoms with Crippen LogP contribution in [0.25, 0.3) is 0 Å². The molecule has 0 atom stereocenters. The Morgan fingerprint density at radius 1 is 1.18 bits per heavy atom. The Balaban J connectivity index is 2.77. The maximum Gasteiger partial charge on any atom is 0.164 e. The summed E-state index contributed by atoms with van der Waals surface area (Å²) >= 11 is 0. The summed E-state index contributed by atoms with van der Waals surface area (Å²) in [6.07, 6.45) is 0.476. The lowest BCUT2D eigenvalue weighted by atomic mass is 10.1. The highest BCUT2D eigenvalue weighted by atomic mass is 16.5. The number of rotatable bonds is 7. The van der Waals surface area contributed by atoms with E-state index in [2.05, 4.69) is 5.32 Å². The van der Waals surface area contributed by atoms with E-state index in [9.17, 15) is 4.79 Å². The van der Waals surface area contributed by atoms with Crippen LogP contribution in [-0.4, -0.2) is 33.1 Å². The molecule has 17 heavy (non-hydrogen) atoms. The van der Waals surface area contributed by atoms with E-state index in [1.165, 1.54) is 0 Å². The van der Waals surface area contributed by atoms with Gasteiger partial charge < -0.3 is 14.8 Å². The van der Waals surface area contributed by atoms with Crippen molar-refractivity contribution in [2.75, 3.05) is 27.3 Å². The molecule has 0 saturated carbocycles. The van der Waals surface area contributed by atoms with E-state index in [0.717, 1.165) is 6.54 Å². The predicted molar refractivity (Wildman–Crippen MR) is 67.0 cm³/mol. The van der Waals surface area contributed by atoms with Gasteiger partial charge in [0, 0.05) is 24.6 Å². The molecule has 1 N–H and O–H groups in total. The summed E-state index contributed by atoms with van der Waals surface area (Å²) in [5.74, 6) is 1.36. The fourth-order valence-corrected chi connectivity index (χ4v) is 1.49. The molecule has 1 aromatic rings. The number of hydrogen-bond acceptors (Lipinski definition) is 4. The summed E-state index contributed by atoms with van der Waals surface area (Å²) in [5, 5.41) is 3.12. The van der Waals surface area contributed by atoms with Crippen LogP contribution >= 0.6 is 0 Å². The van der Waals surface area contributed by atoms with Gasteiger partial charge in [-0.25, -0.2) is 0 Å². The number of ether oxygens (including phenoxy) is 2. The molecular weight excluding hydrogens is 218 g/mol. The minimum Gasteiger partial charge on any atom is -0.497 e. The SMILES string of the molecule is CCNCCC(=O)c1cc(OC)cc(OC)c1. The molecule has 0 aromatic heterocycles. The molecule has 94 valence electrons. The van der Waals surface area contributed by atoms with Crippen molar-refractivity contribution in [2.24, 2.45) is 0 Å². The summed E-state index contributed by atoms with van der Waals surface area (Å²) in [6.45, 7) is 3.57. The van der Waals surface area contributed by atoms with Gasteiger partial charge in [-0.05, 0) is 18.7 Å². The number of nitrogens with one attached hydrogen (secondary N) is 1. The highest BCUT2D eigenvalue weighted by molar-refractivity contribution is 5.97. The van der Waals surface area contributed by atoms with Gasteiger partial charge in [-0.2, -0.15) is 0 Å². The van der Waals surface area contributed by atoms with E-state index in [4.69, 9.17) is 9.47 Å². The van der Waals surface area contributed by atoms with Crippen molar-refractivity contribution in [3.05, 3.63) is 23.8 Å². The Kier molecular flexibility index (Phi) is 5.49. The third-order valence-corrected chi connectivity index (χ3v) is 2.45. The van der Waals surface area contributed by atoms with Crippen molar-refractivity contribution in [1.29, 1.82) is 0 Å². The van der Waals surface area contributed by atoms with Crippen LogP contribution in [0, 0.1) is 0 Å². The van der Waals surface area contributed by atoms with Crippen LogP contribution in [0.5, 0.6) is 11.5 Å². The maximum absolute atomic E-state index is 11.9. The first-order valence-electron chi connectivity index (χ1n) is 5.68. The van der Waals surface area contributed by atoms with Crippen LogP contribution in [-0.2, 0) is 0 Å². The largest absolute Gasteiger partial charge is 0.497 e. The van der Waals surface area contributed by atoms with E-state index >= 15 is 0 Å². The molecule has 0 aliphatic heterocycles. The lowest BCUT2D eigenvalue weighted by molar-refractivity contribution is 0.0982. The first-order chi connectivity index (χ1) is 8.21. The van der Waals surface area contributed by atoms with Crippen molar-refractivity contribution in [2.45, 2.75) is 13.3 Å². The molecule has 4 nitrogen and oxygen atoms in total. The number of methoxy groups -OCH3 is 2. The molecule has 0 radical (unpaired) electrons.